The van der Waals surface area contributed by atoms with Crippen LogP contribution in [0.15, 0.2) is 194 Å². The summed E-state index contributed by atoms with van der Waals surface area (Å²) < 4.78 is 0. The van der Waals surface area contributed by atoms with E-state index in [9.17, 15) is 0 Å². The minimum absolute atomic E-state index is 0.0110. The average Bonchev–Trinajstić information content (AvgIpc) is 3.25. The second-order valence-electron chi connectivity index (χ2n) is 14.5. The Bertz CT molecular complexity index is 3100. The van der Waals surface area contributed by atoms with Gasteiger partial charge < -0.3 is 5.32 Å². The van der Waals surface area contributed by atoms with Crippen LogP contribution < -0.4 is 10.6 Å². The van der Waals surface area contributed by atoms with E-state index in [1.165, 1.54) is 92.5 Å². The molecule has 2 unspecified atom stereocenters. The van der Waals surface area contributed by atoms with Crippen LogP contribution in [0, 0.1) is 0 Å². The van der Waals surface area contributed by atoms with Crippen molar-refractivity contribution in [3.05, 3.63) is 211 Å². The predicted octanol–water partition coefficient (Wildman–Crippen LogP) is 13.2. The first-order chi connectivity index (χ1) is 26.8. The van der Waals surface area contributed by atoms with Crippen molar-refractivity contribution in [2.45, 2.75) is 12.2 Å². The monoisotopic (exact) mass is 688 g/mol. The van der Waals surface area contributed by atoms with Crippen molar-refractivity contribution in [1.82, 2.24) is 10.6 Å². The van der Waals surface area contributed by atoms with Gasteiger partial charge in [-0.15, -0.1) is 0 Å². The quantitative estimate of drug-likeness (QED) is 0.142. The first-order valence-electron chi connectivity index (χ1n) is 18.8. The van der Waals surface area contributed by atoms with Crippen LogP contribution in [0.5, 0.6) is 0 Å². The van der Waals surface area contributed by atoms with Gasteiger partial charge in [0.25, 0.3) is 0 Å². The van der Waals surface area contributed by atoms with E-state index in [4.69, 9.17) is 0 Å². The van der Waals surface area contributed by atoms with Gasteiger partial charge in [-0.25, -0.2) is 0 Å². The van der Waals surface area contributed by atoms with Crippen molar-refractivity contribution in [3.63, 3.8) is 0 Å². The van der Waals surface area contributed by atoms with Gasteiger partial charge >= 0.3 is 0 Å². The molecule has 0 radical (unpaired) electrons. The summed E-state index contributed by atoms with van der Waals surface area (Å²) in [7, 11) is 0. The van der Waals surface area contributed by atoms with E-state index in [2.05, 4.69) is 205 Å². The van der Waals surface area contributed by atoms with Gasteiger partial charge in [0.1, 0.15) is 6.17 Å². The molecule has 2 heteroatoms. The zero-order valence-electron chi connectivity index (χ0n) is 29.6. The molecule has 1 heterocycles. The predicted molar refractivity (Wildman–Crippen MR) is 230 cm³/mol. The van der Waals surface area contributed by atoms with Crippen LogP contribution in [-0.4, -0.2) is 0 Å². The van der Waals surface area contributed by atoms with Gasteiger partial charge in [0, 0.05) is 11.3 Å². The zero-order valence-corrected chi connectivity index (χ0v) is 29.6. The van der Waals surface area contributed by atoms with Crippen LogP contribution in [0.3, 0.4) is 0 Å². The van der Waals surface area contributed by atoms with Crippen LogP contribution in [0.1, 0.15) is 28.9 Å². The topological polar surface area (TPSA) is 24.1 Å². The highest BCUT2D eigenvalue weighted by atomic mass is 15.2. The number of hydrogen-bond donors (Lipinski definition) is 2. The molecule has 0 saturated heterocycles. The number of fused-ring (bicyclic) bond motifs is 8. The van der Waals surface area contributed by atoms with E-state index < -0.39 is 0 Å². The van der Waals surface area contributed by atoms with E-state index in [1.54, 1.807) is 0 Å². The lowest BCUT2D eigenvalue weighted by Gasteiger charge is -2.34. The summed E-state index contributed by atoms with van der Waals surface area (Å²) in [5.74, 6) is 0. The van der Waals surface area contributed by atoms with Gasteiger partial charge in [-0.05, 0) is 105 Å². The van der Waals surface area contributed by atoms with E-state index in [0.717, 1.165) is 5.70 Å². The summed E-state index contributed by atoms with van der Waals surface area (Å²) in [5.41, 5.74) is 7.31. The first kappa shape index (κ1) is 30.8. The highest BCUT2D eigenvalue weighted by Crippen LogP contribution is 2.42. The van der Waals surface area contributed by atoms with Gasteiger partial charge in [-0.1, -0.05) is 176 Å². The van der Waals surface area contributed by atoms with E-state index in [1.807, 2.05) is 0 Å². The van der Waals surface area contributed by atoms with Gasteiger partial charge in [0.05, 0.1) is 6.04 Å². The molecule has 11 rings (SSSR count). The summed E-state index contributed by atoms with van der Waals surface area (Å²) >= 11 is 0. The van der Waals surface area contributed by atoms with Crippen molar-refractivity contribution < 1.29 is 0 Å². The average molecular weight is 689 g/mol. The zero-order chi connectivity index (χ0) is 35.6. The smallest absolute Gasteiger partial charge is 0.104 e. The summed E-state index contributed by atoms with van der Waals surface area (Å²) in [4.78, 5) is 0. The van der Waals surface area contributed by atoms with Gasteiger partial charge in [0.15, 0.2) is 0 Å². The van der Waals surface area contributed by atoms with Gasteiger partial charge in [-0.2, -0.15) is 0 Å². The van der Waals surface area contributed by atoms with Gasteiger partial charge in [0.2, 0.25) is 0 Å². The Labute approximate surface area is 314 Å². The van der Waals surface area contributed by atoms with Gasteiger partial charge in [-0.3, -0.25) is 5.32 Å². The Kier molecular flexibility index (Phi) is 7.11. The molecule has 0 aliphatic carbocycles. The van der Waals surface area contributed by atoms with Crippen molar-refractivity contribution in [2.75, 3.05) is 0 Å². The maximum atomic E-state index is 4.01. The number of hydrogen-bond acceptors (Lipinski definition) is 2. The third-order valence-corrected chi connectivity index (χ3v) is 11.5. The first-order valence-corrected chi connectivity index (χ1v) is 18.8. The molecule has 0 spiro atoms. The van der Waals surface area contributed by atoms with Crippen LogP contribution in [0.25, 0.3) is 81.5 Å². The molecule has 54 heavy (non-hydrogen) atoms. The Morgan fingerprint density at radius 1 is 0.333 bits per heavy atom. The molecule has 254 valence electrons. The molecular weight excluding hydrogens is 653 g/mol. The lowest BCUT2D eigenvalue weighted by atomic mass is 9.89. The molecule has 2 nitrogen and oxygen atoms in total. The molecule has 0 saturated carbocycles. The Morgan fingerprint density at radius 3 is 1.44 bits per heavy atom. The van der Waals surface area contributed by atoms with Crippen molar-refractivity contribution in [1.29, 1.82) is 0 Å². The molecule has 2 atom stereocenters. The van der Waals surface area contributed by atoms with E-state index in [-0.39, 0.29) is 12.2 Å². The maximum absolute atomic E-state index is 4.01. The second kappa shape index (κ2) is 12.4. The van der Waals surface area contributed by atoms with Crippen LogP contribution in [0.2, 0.25) is 0 Å². The molecule has 0 bridgehead atoms. The molecule has 0 aromatic heterocycles. The molecule has 2 N–H and O–H groups in total. The van der Waals surface area contributed by atoms with Crippen LogP contribution in [-0.2, 0) is 0 Å². The molecule has 1 aliphatic heterocycles. The summed E-state index contributed by atoms with van der Waals surface area (Å²) in [5, 5.41) is 23.2. The lowest BCUT2D eigenvalue weighted by Crippen LogP contribution is -2.39. The fourth-order valence-corrected chi connectivity index (χ4v) is 8.91. The largest absolute Gasteiger partial charge is 0.366 e. The summed E-state index contributed by atoms with van der Waals surface area (Å²) in [6.07, 6.45) is 2.26. The van der Waals surface area contributed by atoms with Crippen molar-refractivity contribution in [2.24, 2.45) is 0 Å². The SMILES string of the molecule is C1=C(c2c3ccccc3cc3c2ccc2ccccc23)NC(c2ccc(-c3c4ccccc4cc4c3ccc3ccccc34)cc2)NC1c1ccccc1. The molecule has 0 fully saturated rings. The second-order valence-corrected chi connectivity index (χ2v) is 14.5. The summed E-state index contributed by atoms with van der Waals surface area (Å²) in [6, 6.07) is 68.9. The van der Waals surface area contributed by atoms with Crippen molar-refractivity contribution >= 4 is 70.3 Å². The standard InChI is InChI=1S/C52H36N2/c1-2-14-35(15-3-1)48-32-49(51-43-21-11-7-17-39(43)31-47-41-19-9-5-13-34(41)27-29-45(47)51)54-52(53-48)37-24-22-36(23-25-37)50-42-20-10-6-16-38(42)30-46-40-18-8-4-12-33(40)26-28-44(46)50/h1-32,48,52-54H. The number of rotatable bonds is 4. The fraction of sp³-hybridized carbons (Fsp3) is 0.0385. The molecule has 10 aromatic rings. The molecule has 1 aliphatic rings. The Morgan fingerprint density at radius 2 is 0.833 bits per heavy atom. The lowest BCUT2D eigenvalue weighted by molar-refractivity contribution is 0.443. The molecule has 0 amide bonds. The molecular formula is C52H36N2. The van der Waals surface area contributed by atoms with E-state index >= 15 is 0 Å². The number of benzene rings is 10. The van der Waals surface area contributed by atoms with Crippen molar-refractivity contribution in [3.8, 4) is 11.1 Å². The Hall–Kier alpha value is -6.74. The minimum Gasteiger partial charge on any atom is -0.366 e. The molecule has 10 aromatic carbocycles. The fourth-order valence-electron chi connectivity index (χ4n) is 8.91. The summed E-state index contributed by atoms with van der Waals surface area (Å²) in [6.45, 7) is 0. The van der Waals surface area contributed by atoms with Crippen LogP contribution in [0.4, 0.5) is 0 Å². The van der Waals surface area contributed by atoms with Crippen LogP contribution >= 0.6 is 0 Å². The minimum atomic E-state index is -0.119. The highest BCUT2D eigenvalue weighted by molar-refractivity contribution is 6.20. The number of nitrogens with one attached hydrogen (secondary N) is 2. The maximum Gasteiger partial charge on any atom is 0.104 e. The third-order valence-electron chi connectivity index (χ3n) is 11.5. The van der Waals surface area contributed by atoms with E-state index in [0.29, 0.717) is 0 Å². The Balaban J connectivity index is 1.07. The third kappa shape index (κ3) is 4.99. The highest BCUT2D eigenvalue weighted by Gasteiger charge is 2.26. The normalized spacial score (nSPS) is 16.0.